The number of aromatic nitrogens is 3. The number of aryl methyl sites for hydroxylation is 1. The van der Waals surface area contributed by atoms with E-state index in [2.05, 4.69) is 19.9 Å². The van der Waals surface area contributed by atoms with E-state index in [9.17, 15) is 4.79 Å². The van der Waals surface area contributed by atoms with E-state index < -0.39 is 0 Å². The maximum atomic E-state index is 11.9. The van der Waals surface area contributed by atoms with Crippen molar-refractivity contribution in [2.45, 2.75) is 26.4 Å². The smallest absolute Gasteiger partial charge is 0.255 e. The Morgan fingerprint density at radius 1 is 1.56 bits per heavy atom. The zero-order valence-electron chi connectivity index (χ0n) is 10.1. The Hall–Kier alpha value is -1.95. The van der Waals surface area contributed by atoms with Crippen molar-refractivity contribution in [3.63, 3.8) is 0 Å². The third-order valence-electron chi connectivity index (χ3n) is 3.13. The minimum atomic E-state index is -0.0280. The number of H-pyrrole nitrogens is 1. The molecular formula is C12H14N4O2. The topological polar surface area (TPSA) is 75.0 Å². The number of oxazole rings is 1. The lowest BCUT2D eigenvalue weighted by Crippen LogP contribution is -2.35. The highest BCUT2D eigenvalue weighted by Crippen LogP contribution is 2.15. The van der Waals surface area contributed by atoms with Gasteiger partial charge in [0.05, 0.1) is 24.0 Å². The molecule has 6 heteroatoms. The van der Waals surface area contributed by atoms with Crippen molar-refractivity contribution in [2.24, 2.45) is 0 Å². The standard InChI is InChI=1S/C12H14N4O2/c1-8-14-11-2-3-16(5-9-4-13-7-18-9)6-10(11)12(17)15-8/h4,7H,2-3,5-6H2,1H3,(H,14,15,17). The first-order valence-corrected chi connectivity index (χ1v) is 5.91. The van der Waals surface area contributed by atoms with Gasteiger partial charge in [-0.15, -0.1) is 0 Å². The molecule has 3 heterocycles. The molecule has 0 radical (unpaired) electrons. The summed E-state index contributed by atoms with van der Waals surface area (Å²) in [6.07, 6.45) is 3.92. The van der Waals surface area contributed by atoms with Gasteiger partial charge in [0.15, 0.2) is 6.39 Å². The van der Waals surface area contributed by atoms with Crippen LogP contribution in [0, 0.1) is 6.92 Å². The summed E-state index contributed by atoms with van der Waals surface area (Å²) >= 11 is 0. The van der Waals surface area contributed by atoms with E-state index in [4.69, 9.17) is 4.42 Å². The van der Waals surface area contributed by atoms with Crippen LogP contribution in [0.5, 0.6) is 0 Å². The summed E-state index contributed by atoms with van der Waals surface area (Å²) in [7, 11) is 0. The van der Waals surface area contributed by atoms with Crippen LogP contribution in [0.2, 0.25) is 0 Å². The van der Waals surface area contributed by atoms with Gasteiger partial charge in [0.2, 0.25) is 0 Å². The maximum Gasteiger partial charge on any atom is 0.255 e. The van der Waals surface area contributed by atoms with Gasteiger partial charge in [-0.25, -0.2) is 9.97 Å². The Kier molecular flexibility index (Phi) is 2.71. The fourth-order valence-corrected chi connectivity index (χ4v) is 2.28. The summed E-state index contributed by atoms with van der Waals surface area (Å²) in [4.78, 5) is 25.1. The van der Waals surface area contributed by atoms with Gasteiger partial charge in [-0.05, 0) is 6.92 Å². The molecule has 0 unspecified atom stereocenters. The SMILES string of the molecule is Cc1nc2c(c(=O)[nH]1)CN(Cc1cnco1)CC2. The molecule has 1 aliphatic rings. The molecule has 0 saturated carbocycles. The van der Waals surface area contributed by atoms with Crippen LogP contribution in [0.3, 0.4) is 0 Å². The zero-order chi connectivity index (χ0) is 12.5. The molecule has 0 aromatic carbocycles. The minimum absolute atomic E-state index is 0.0280. The zero-order valence-corrected chi connectivity index (χ0v) is 10.1. The molecule has 1 aliphatic heterocycles. The van der Waals surface area contributed by atoms with Crippen LogP contribution in [0.15, 0.2) is 21.8 Å². The summed E-state index contributed by atoms with van der Waals surface area (Å²) in [5.74, 6) is 1.50. The average Bonchev–Trinajstić information content (AvgIpc) is 2.83. The quantitative estimate of drug-likeness (QED) is 0.841. The lowest BCUT2D eigenvalue weighted by molar-refractivity contribution is 0.222. The lowest BCUT2D eigenvalue weighted by atomic mass is 10.1. The lowest BCUT2D eigenvalue weighted by Gasteiger charge is -2.26. The van der Waals surface area contributed by atoms with Crippen molar-refractivity contribution in [2.75, 3.05) is 6.54 Å². The van der Waals surface area contributed by atoms with E-state index in [1.165, 1.54) is 6.39 Å². The highest BCUT2D eigenvalue weighted by molar-refractivity contribution is 5.20. The van der Waals surface area contributed by atoms with Crippen LogP contribution in [0.4, 0.5) is 0 Å². The van der Waals surface area contributed by atoms with Crippen molar-refractivity contribution < 1.29 is 4.42 Å². The summed E-state index contributed by atoms with van der Waals surface area (Å²) in [6.45, 7) is 3.97. The van der Waals surface area contributed by atoms with Crippen LogP contribution in [0.1, 0.15) is 22.8 Å². The fraction of sp³-hybridized carbons (Fsp3) is 0.417. The molecule has 0 aliphatic carbocycles. The third-order valence-corrected chi connectivity index (χ3v) is 3.13. The molecule has 6 nitrogen and oxygen atoms in total. The Bertz CT molecular complexity index is 603. The van der Waals surface area contributed by atoms with E-state index in [0.717, 1.165) is 30.0 Å². The summed E-state index contributed by atoms with van der Waals surface area (Å²) in [6, 6.07) is 0. The second kappa shape index (κ2) is 4.38. The average molecular weight is 246 g/mol. The van der Waals surface area contributed by atoms with Gasteiger partial charge in [-0.3, -0.25) is 9.69 Å². The molecule has 18 heavy (non-hydrogen) atoms. The molecule has 2 aromatic heterocycles. The van der Waals surface area contributed by atoms with E-state index in [0.29, 0.717) is 18.9 Å². The van der Waals surface area contributed by atoms with Crippen LogP contribution in [-0.2, 0) is 19.5 Å². The van der Waals surface area contributed by atoms with Gasteiger partial charge in [-0.1, -0.05) is 0 Å². The van der Waals surface area contributed by atoms with Crippen molar-refractivity contribution >= 4 is 0 Å². The number of rotatable bonds is 2. The third kappa shape index (κ3) is 2.06. The molecule has 0 bridgehead atoms. The number of aromatic amines is 1. The summed E-state index contributed by atoms with van der Waals surface area (Å²) in [5.41, 5.74) is 1.66. The summed E-state index contributed by atoms with van der Waals surface area (Å²) in [5, 5.41) is 0. The van der Waals surface area contributed by atoms with E-state index in [1.54, 1.807) is 6.20 Å². The van der Waals surface area contributed by atoms with E-state index in [1.807, 2.05) is 6.92 Å². The van der Waals surface area contributed by atoms with Gasteiger partial charge < -0.3 is 9.40 Å². The minimum Gasteiger partial charge on any atom is -0.447 e. The van der Waals surface area contributed by atoms with Gasteiger partial charge >= 0.3 is 0 Å². The molecule has 1 N–H and O–H groups in total. The number of hydrogen-bond acceptors (Lipinski definition) is 5. The Labute approximate surface area is 104 Å². The van der Waals surface area contributed by atoms with Crippen molar-refractivity contribution in [3.05, 3.63) is 45.8 Å². The monoisotopic (exact) mass is 246 g/mol. The highest BCUT2D eigenvalue weighted by atomic mass is 16.3. The number of fused-ring (bicyclic) bond motifs is 1. The number of hydrogen-bond donors (Lipinski definition) is 1. The highest BCUT2D eigenvalue weighted by Gasteiger charge is 2.21. The van der Waals surface area contributed by atoms with Crippen LogP contribution in [-0.4, -0.2) is 26.4 Å². The van der Waals surface area contributed by atoms with Crippen molar-refractivity contribution in [3.8, 4) is 0 Å². The van der Waals surface area contributed by atoms with Gasteiger partial charge in [-0.2, -0.15) is 0 Å². The summed E-state index contributed by atoms with van der Waals surface area (Å²) < 4.78 is 5.22. The Morgan fingerprint density at radius 3 is 3.22 bits per heavy atom. The number of nitrogens with one attached hydrogen (secondary N) is 1. The molecule has 3 rings (SSSR count). The molecule has 0 saturated heterocycles. The first kappa shape index (κ1) is 11.2. The van der Waals surface area contributed by atoms with Crippen LogP contribution >= 0.6 is 0 Å². The largest absolute Gasteiger partial charge is 0.447 e. The van der Waals surface area contributed by atoms with E-state index in [-0.39, 0.29) is 5.56 Å². The molecule has 0 atom stereocenters. The van der Waals surface area contributed by atoms with Crippen molar-refractivity contribution in [1.29, 1.82) is 0 Å². The predicted molar refractivity (Wildman–Crippen MR) is 63.9 cm³/mol. The van der Waals surface area contributed by atoms with Gasteiger partial charge in [0, 0.05) is 19.5 Å². The maximum absolute atomic E-state index is 11.9. The van der Waals surface area contributed by atoms with E-state index >= 15 is 0 Å². The van der Waals surface area contributed by atoms with Gasteiger partial charge in [0.1, 0.15) is 11.6 Å². The normalized spacial score (nSPS) is 15.6. The Balaban J connectivity index is 1.83. The van der Waals surface area contributed by atoms with Crippen LogP contribution in [0.25, 0.3) is 0 Å². The van der Waals surface area contributed by atoms with Crippen molar-refractivity contribution in [1.82, 2.24) is 19.9 Å². The molecule has 0 amide bonds. The predicted octanol–water partition coefficient (Wildman–Crippen LogP) is 0.625. The fourth-order valence-electron chi connectivity index (χ4n) is 2.28. The first-order chi connectivity index (χ1) is 8.72. The molecule has 0 fully saturated rings. The molecule has 0 spiro atoms. The Morgan fingerprint density at radius 2 is 2.44 bits per heavy atom. The number of nitrogens with zero attached hydrogens (tertiary/aromatic N) is 3. The molecule has 2 aromatic rings. The first-order valence-electron chi connectivity index (χ1n) is 5.91. The van der Waals surface area contributed by atoms with Crippen LogP contribution < -0.4 is 5.56 Å². The van der Waals surface area contributed by atoms with Gasteiger partial charge in [0.25, 0.3) is 5.56 Å². The molecular weight excluding hydrogens is 232 g/mol. The second-order valence-electron chi connectivity index (χ2n) is 4.50. The second-order valence-corrected chi connectivity index (χ2v) is 4.50. The molecule has 94 valence electrons.